The fourth-order valence-electron chi connectivity index (χ4n) is 4.19. The first-order chi connectivity index (χ1) is 18.0. The lowest BCUT2D eigenvalue weighted by atomic mass is 9.96. The minimum atomic E-state index is -0.478. The smallest absolute Gasteiger partial charge is 0.338 e. The molecule has 188 valence electrons. The van der Waals surface area contributed by atoms with Crippen LogP contribution in [-0.2, 0) is 21.9 Å². The Morgan fingerprint density at radius 1 is 0.973 bits per heavy atom. The molecule has 4 aromatic rings. The summed E-state index contributed by atoms with van der Waals surface area (Å²) in [4.78, 5) is 17.5. The van der Waals surface area contributed by atoms with Gasteiger partial charge in [-0.1, -0.05) is 84.1 Å². The van der Waals surface area contributed by atoms with Gasteiger partial charge in [0.2, 0.25) is 11.1 Å². The van der Waals surface area contributed by atoms with Crippen molar-refractivity contribution in [2.24, 2.45) is 0 Å². The largest absolute Gasteiger partial charge is 0.489 e. The zero-order chi connectivity index (χ0) is 25.8. The van der Waals surface area contributed by atoms with Crippen molar-refractivity contribution in [3.8, 4) is 5.75 Å². The maximum absolute atomic E-state index is 12.8. The van der Waals surface area contributed by atoms with E-state index in [1.165, 1.54) is 18.2 Å². The van der Waals surface area contributed by atoms with Gasteiger partial charge in [0.1, 0.15) is 18.4 Å². The molecular weight excluding hydrogens is 484 g/mol. The molecule has 1 unspecified atom stereocenters. The second kappa shape index (κ2) is 10.9. The Hall–Kier alpha value is -4.04. The number of hydrogen-bond acceptors (Lipinski definition) is 7. The first-order valence-corrected chi connectivity index (χ1v) is 13.0. The van der Waals surface area contributed by atoms with E-state index in [0.717, 1.165) is 22.6 Å². The van der Waals surface area contributed by atoms with Crippen molar-refractivity contribution < 1.29 is 14.3 Å². The molecule has 1 N–H and O–H groups in total. The summed E-state index contributed by atoms with van der Waals surface area (Å²) in [6.07, 6.45) is 0. The van der Waals surface area contributed by atoms with E-state index in [4.69, 9.17) is 19.6 Å². The summed E-state index contributed by atoms with van der Waals surface area (Å²) in [5.41, 5.74) is 5.58. The first kappa shape index (κ1) is 24.6. The maximum Gasteiger partial charge on any atom is 0.338 e. The van der Waals surface area contributed by atoms with Crippen LogP contribution in [0.25, 0.3) is 0 Å². The predicted molar refractivity (Wildman–Crippen MR) is 144 cm³/mol. The summed E-state index contributed by atoms with van der Waals surface area (Å²) < 4.78 is 12.9. The van der Waals surface area contributed by atoms with Crippen molar-refractivity contribution in [2.45, 2.75) is 37.4 Å². The number of methoxy groups -OCH3 is 1. The molecule has 1 aliphatic rings. The maximum atomic E-state index is 12.8. The molecule has 0 fully saturated rings. The van der Waals surface area contributed by atoms with Crippen molar-refractivity contribution in [2.75, 3.05) is 12.4 Å². The minimum Gasteiger partial charge on any atom is -0.489 e. The number of rotatable bonds is 8. The quantitative estimate of drug-likeness (QED) is 0.232. The first-order valence-electron chi connectivity index (χ1n) is 12.0. The van der Waals surface area contributed by atoms with Crippen LogP contribution in [0.1, 0.15) is 35.2 Å². The highest BCUT2D eigenvalue weighted by Crippen LogP contribution is 2.37. The highest BCUT2D eigenvalue weighted by atomic mass is 32.2. The molecule has 1 atom stereocenters. The fraction of sp³-hybridized carbons (Fsp3) is 0.207. The summed E-state index contributed by atoms with van der Waals surface area (Å²) in [6, 6.07) is 25.7. The van der Waals surface area contributed by atoms with E-state index in [1.807, 2.05) is 49.4 Å². The third-order valence-corrected chi connectivity index (χ3v) is 7.08. The van der Waals surface area contributed by atoms with Crippen LogP contribution in [0.15, 0.2) is 95.3 Å². The SMILES string of the molecule is COC(=O)C1=C(C)Nc2nc(SCc3ccccc3)nn2C1c1ccc(OCc2ccc(C)cc2)cc1. The van der Waals surface area contributed by atoms with Gasteiger partial charge in [-0.2, -0.15) is 4.98 Å². The Kier molecular flexibility index (Phi) is 7.28. The average molecular weight is 513 g/mol. The summed E-state index contributed by atoms with van der Waals surface area (Å²) in [7, 11) is 1.39. The van der Waals surface area contributed by atoms with Crippen LogP contribution in [0.4, 0.5) is 5.95 Å². The third-order valence-electron chi connectivity index (χ3n) is 6.17. The van der Waals surface area contributed by atoms with Gasteiger partial charge in [0.15, 0.2) is 0 Å². The number of carbonyl (C=O) groups is 1. The lowest BCUT2D eigenvalue weighted by molar-refractivity contribution is -0.136. The van der Waals surface area contributed by atoms with Crippen molar-refractivity contribution in [1.29, 1.82) is 0 Å². The van der Waals surface area contributed by atoms with E-state index in [2.05, 4.69) is 48.6 Å². The lowest BCUT2D eigenvalue weighted by Crippen LogP contribution is -2.29. The topological polar surface area (TPSA) is 78.3 Å². The van der Waals surface area contributed by atoms with Crippen molar-refractivity contribution in [1.82, 2.24) is 14.8 Å². The molecule has 0 amide bonds. The number of ether oxygens (including phenoxy) is 2. The molecule has 0 radical (unpaired) electrons. The van der Waals surface area contributed by atoms with E-state index in [1.54, 1.807) is 16.4 Å². The van der Waals surface area contributed by atoms with E-state index < -0.39 is 12.0 Å². The molecule has 8 heteroatoms. The van der Waals surface area contributed by atoms with Gasteiger partial charge in [0.25, 0.3) is 0 Å². The van der Waals surface area contributed by atoms with E-state index in [-0.39, 0.29) is 0 Å². The van der Waals surface area contributed by atoms with E-state index in [0.29, 0.717) is 29.0 Å². The number of carbonyl (C=O) groups excluding carboxylic acids is 1. The van der Waals surface area contributed by atoms with Gasteiger partial charge in [0, 0.05) is 11.4 Å². The van der Waals surface area contributed by atoms with Gasteiger partial charge in [-0.05, 0) is 42.7 Å². The van der Waals surface area contributed by atoms with Gasteiger partial charge in [-0.15, -0.1) is 5.10 Å². The molecule has 1 aliphatic heterocycles. The van der Waals surface area contributed by atoms with Crippen LogP contribution in [0, 0.1) is 6.92 Å². The van der Waals surface area contributed by atoms with Crippen molar-refractivity contribution >= 4 is 23.7 Å². The molecule has 3 aromatic carbocycles. The van der Waals surface area contributed by atoms with Crippen LogP contribution in [0.2, 0.25) is 0 Å². The number of nitrogens with zero attached hydrogens (tertiary/aromatic N) is 3. The van der Waals surface area contributed by atoms with Gasteiger partial charge in [0.05, 0.1) is 12.7 Å². The van der Waals surface area contributed by atoms with Crippen LogP contribution in [-0.4, -0.2) is 27.8 Å². The normalized spacial score (nSPS) is 14.6. The van der Waals surface area contributed by atoms with Crippen LogP contribution >= 0.6 is 11.8 Å². The Morgan fingerprint density at radius 3 is 2.41 bits per heavy atom. The number of benzene rings is 3. The lowest BCUT2D eigenvalue weighted by Gasteiger charge is -2.27. The summed E-state index contributed by atoms with van der Waals surface area (Å²) in [5, 5.41) is 8.62. The second-order valence-electron chi connectivity index (χ2n) is 8.84. The zero-order valence-electron chi connectivity index (χ0n) is 21.0. The summed E-state index contributed by atoms with van der Waals surface area (Å²) in [6.45, 7) is 4.40. The highest BCUT2D eigenvalue weighted by Gasteiger charge is 2.35. The van der Waals surface area contributed by atoms with Crippen LogP contribution in [0.3, 0.4) is 0 Å². The number of aromatic nitrogens is 3. The summed E-state index contributed by atoms with van der Waals surface area (Å²) >= 11 is 1.55. The number of hydrogen-bond donors (Lipinski definition) is 1. The molecule has 0 aliphatic carbocycles. The molecule has 1 aromatic heterocycles. The van der Waals surface area contributed by atoms with Gasteiger partial charge in [-0.3, -0.25) is 0 Å². The van der Waals surface area contributed by atoms with Crippen LogP contribution in [0.5, 0.6) is 5.75 Å². The Morgan fingerprint density at radius 2 is 1.70 bits per heavy atom. The van der Waals surface area contributed by atoms with Gasteiger partial charge < -0.3 is 14.8 Å². The standard InChI is InChI=1S/C29H28N4O3S/c1-19-9-11-21(12-10-19)17-36-24-15-13-23(14-16-24)26-25(27(34)35-3)20(2)30-28-31-29(32-33(26)28)37-18-22-7-5-4-6-8-22/h4-16,26H,17-18H2,1-3H3,(H,30,31,32). The number of aryl methyl sites for hydroxylation is 1. The molecule has 2 heterocycles. The molecule has 7 nitrogen and oxygen atoms in total. The monoisotopic (exact) mass is 512 g/mol. The Bertz CT molecular complexity index is 1410. The molecule has 0 bridgehead atoms. The van der Waals surface area contributed by atoms with E-state index in [9.17, 15) is 4.79 Å². The van der Waals surface area contributed by atoms with Gasteiger partial charge in [-0.25, -0.2) is 9.48 Å². The molecule has 0 saturated heterocycles. The van der Waals surface area contributed by atoms with Crippen molar-refractivity contribution in [3.05, 3.63) is 112 Å². The average Bonchev–Trinajstić information content (AvgIpc) is 3.33. The van der Waals surface area contributed by atoms with Crippen molar-refractivity contribution in [3.63, 3.8) is 0 Å². The third kappa shape index (κ3) is 5.54. The zero-order valence-corrected chi connectivity index (χ0v) is 21.8. The number of allylic oxidation sites excluding steroid dienone is 1. The number of thioether (sulfide) groups is 1. The molecular formula is C29H28N4O3S. The van der Waals surface area contributed by atoms with E-state index >= 15 is 0 Å². The Labute approximate surface area is 220 Å². The number of fused-ring (bicyclic) bond motifs is 1. The minimum absolute atomic E-state index is 0.408. The highest BCUT2D eigenvalue weighted by molar-refractivity contribution is 7.98. The number of anilines is 1. The number of nitrogens with one attached hydrogen (secondary N) is 1. The Balaban J connectivity index is 1.39. The molecule has 5 rings (SSSR count). The molecule has 37 heavy (non-hydrogen) atoms. The second-order valence-corrected chi connectivity index (χ2v) is 9.78. The molecule has 0 saturated carbocycles. The van der Waals surface area contributed by atoms with Crippen LogP contribution < -0.4 is 10.1 Å². The number of esters is 1. The predicted octanol–water partition coefficient (Wildman–Crippen LogP) is 5.92. The summed E-state index contributed by atoms with van der Waals surface area (Å²) in [5.74, 6) is 1.68. The fourth-order valence-corrected chi connectivity index (χ4v) is 4.98. The molecule has 0 spiro atoms. The van der Waals surface area contributed by atoms with Gasteiger partial charge >= 0.3 is 5.97 Å².